The predicted octanol–water partition coefficient (Wildman–Crippen LogP) is 2.69. The van der Waals surface area contributed by atoms with E-state index in [1.54, 1.807) is 35.6 Å². The maximum Gasteiger partial charge on any atom is 0.259 e. The molecule has 0 aliphatic carbocycles. The minimum atomic E-state index is -0.0589. The number of halogens is 1. The molecule has 0 atom stereocenters. The average molecular weight is 377 g/mol. The summed E-state index contributed by atoms with van der Waals surface area (Å²) in [6.45, 7) is 5.00. The first-order valence-corrected chi connectivity index (χ1v) is 8.78. The van der Waals surface area contributed by atoms with Crippen molar-refractivity contribution in [3.05, 3.63) is 54.0 Å². The van der Waals surface area contributed by atoms with E-state index in [9.17, 15) is 4.79 Å². The van der Waals surface area contributed by atoms with Gasteiger partial charge in [0.05, 0.1) is 0 Å². The minimum absolute atomic E-state index is 0. The molecule has 1 N–H and O–H groups in total. The Morgan fingerprint density at radius 3 is 2.65 bits per heavy atom. The molecule has 1 fully saturated rings. The van der Waals surface area contributed by atoms with Gasteiger partial charge in [0.2, 0.25) is 5.88 Å². The first-order valence-electron chi connectivity index (χ1n) is 8.78. The van der Waals surface area contributed by atoms with Crippen LogP contribution in [0, 0.1) is 0 Å². The number of nitrogens with one attached hydrogen (secondary N) is 1. The van der Waals surface area contributed by atoms with Gasteiger partial charge in [0.25, 0.3) is 5.91 Å². The molecular formula is C19H25ClN4O2. The molecule has 140 valence electrons. The number of piperidine rings is 1. The molecule has 1 saturated heterocycles. The molecule has 2 aromatic heterocycles. The normalized spacial score (nSPS) is 14.3. The van der Waals surface area contributed by atoms with Crippen molar-refractivity contribution in [2.45, 2.75) is 32.4 Å². The van der Waals surface area contributed by atoms with E-state index < -0.39 is 0 Å². The third kappa shape index (κ3) is 5.16. The first-order chi connectivity index (χ1) is 12.3. The summed E-state index contributed by atoms with van der Waals surface area (Å²) < 4.78 is 6.04. The van der Waals surface area contributed by atoms with E-state index in [0.717, 1.165) is 31.5 Å². The molecular weight excluding hydrogens is 352 g/mol. The van der Waals surface area contributed by atoms with Crippen LogP contribution in [0.2, 0.25) is 0 Å². The number of rotatable bonds is 6. The maximum atomic E-state index is 13.0. The van der Waals surface area contributed by atoms with E-state index in [0.29, 0.717) is 24.5 Å². The van der Waals surface area contributed by atoms with E-state index in [-0.39, 0.29) is 24.4 Å². The highest BCUT2D eigenvalue weighted by molar-refractivity contribution is 5.96. The molecule has 0 unspecified atom stereocenters. The Labute approximate surface area is 160 Å². The molecule has 0 spiro atoms. The van der Waals surface area contributed by atoms with Gasteiger partial charge in [-0.1, -0.05) is 0 Å². The molecule has 7 heteroatoms. The Bertz CT molecular complexity index is 693. The van der Waals surface area contributed by atoms with E-state index in [1.165, 1.54) is 0 Å². The lowest BCUT2D eigenvalue weighted by Crippen LogP contribution is -2.35. The minimum Gasteiger partial charge on any atom is -0.474 e. The van der Waals surface area contributed by atoms with Crippen LogP contribution in [0.15, 0.2) is 42.9 Å². The van der Waals surface area contributed by atoms with Crippen molar-refractivity contribution in [1.82, 2.24) is 20.2 Å². The second-order valence-electron chi connectivity index (χ2n) is 6.10. The fraction of sp³-hybridized carbons (Fsp3) is 0.421. The standard InChI is InChI=1S/C19H24N4O2.ClH/c1-2-23(14-15-5-10-20-11-6-15)19(24)17-4-3-9-22-18(17)25-16-7-12-21-13-8-16;/h3-6,9-11,16,21H,2,7-8,12-14H2,1H3;1H. The van der Waals surface area contributed by atoms with E-state index in [2.05, 4.69) is 15.3 Å². The number of carbonyl (C=O) groups is 1. The Balaban J connectivity index is 0.00000243. The van der Waals surface area contributed by atoms with Crippen LogP contribution < -0.4 is 10.1 Å². The molecule has 6 nitrogen and oxygen atoms in total. The van der Waals surface area contributed by atoms with Crippen molar-refractivity contribution >= 4 is 18.3 Å². The van der Waals surface area contributed by atoms with Gasteiger partial charge in [-0.2, -0.15) is 0 Å². The Kier molecular flexibility index (Phi) is 7.81. The molecule has 3 rings (SSSR count). The van der Waals surface area contributed by atoms with Crippen LogP contribution in [-0.4, -0.2) is 46.5 Å². The average Bonchev–Trinajstić information content (AvgIpc) is 2.68. The van der Waals surface area contributed by atoms with Crippen LogP contribution in [0.3, 0.4) is 0 Å². The van der Waals surface area contributed by atoms with Crippen LogP contribution in [-0.2, 0) is 6.54 Å². The number of amides is 1. The summed E-state index contributed by atoms with van der Waals surface area (Å²) in [6, 6.07) is 7.42. The van der Waals surface area contributed by atoms with Crippen LogP contribution in [0.25, 0.3) is 0 Å². The summed E-state index contributed by atoms with van der Waals surface area (Å²) in [7, 11) is 0. The second kappa shape index (κ2) is 10.1. The van der Waals surface area contributed by atoms with Gasteiger partial charge in [-0.25, -0.2) is 4.98 Å². The number of hydrogen-bond donors (Lipinski definition) is 1. The molecule has 26 heavy (non-hydrogen) atoms. The predicted molar refractivity (Wildman–Crippen MR) is 103 cm³/mol. The SMILES string of the molecule is CCN(Cc1ccncc1)C(=O)c1cccnc1OC1CCNCC1.Cl. The van der Waals surface area contributed by atoms with Crippen LogP contribution in [0.5, 0.6) is 5.88 Å². The monoisotopic (exact) mass is 376 g/mol. The lowest BCUT2D eigenvalue weighted by molar-refractivity contribution is 0.0740. The van der Waals surface area contributed by atoms with Crippen LogP contribution >= 0.6 is 12.4 Å². The van der Waals surface area contributed by atoms with Gasteiger partial charge < -0.3 is 15.0 Å². The number of aromatic nitrogens is 2. The molecule has 3 heterocycles. The number of nitrogens with zero attached hydrogens (tertiary/aromatic N) is 3. The first kappa shape index (κ1) is 20.1. The molecule has 0 bridgehead atoms. The highest BCUT2D eigenvalue weighted by Gasteiger charge is 2.22. The van der Waals surface area contributed by atoms with Crippen LogP contribution in [0.1, 0.15) is 35.7 Å². The largest absolute Gasteiger partial charge is 0.474 e. The molecule has 0 radical (unpaired) electrons. The Morgan fingerprint density at radius 1 is 1.23 bits per heavy atom. The molecule has 1 aliphatic heterocycles. The zero-order valence-corrected chi connectivity index (χ0v) is 15.7. The van der Waals surface area contributed by atoms with Crippen molar-refractivity contribution in [2.24, 2.45) is 0 Å². The molecule has 2 aromatic rings. The van der Waals surface area contributed by atoms with Gasteiger partial charge in [0.15, 0.2) is 0 Å². The quantitative estimate of drug-likeness (QED) is 0.839. The molecule has 1 amide bonds. The summed E-state index contributed by atoms with van der Waals surface area (Å²) in [6.07, 6.45) is 7.12. The Morgan fingerprint density at radius 2 is 1.96 bits per heavy atom. The van der Waals surface area contributed by atoms with E-state index in [4.69, 9.17) is 4.74 Å². The summed E-state index contributed by atoms with van der Waals surface area (Å²) in [5.74, 6) is 0.379. The fourth-order valence-electron chi connectivity index (χ4n) is 2.92. The third-order valence-electron chi connectivity index (χ3n) is 4.36. The van der Waals surface area contributed by atoms with Gasteiger partial charge in [-0.3, -0.25) is 9.78 Å². The summed E-state index contributed by atoms with van der Waals surface area (Å²) in [4.78, 5) is 23.2. The second-order valence-corrected chi connectivity index (χ2v) is 6.10. The number of pyridine rings is 2. The van der Waals surface area contributed by atoms with Gasteiger partial charge in [0.1, 0.15) is 11.7 Å². The van der Waals surface area contributed by atoms with Gasteiger partial charge in [-0.05, 0) is 62.7 Å². The smallest absolute Gasteiger partial charge is 0.259 e. The van der Waals surface area contributed by atoms with E-state index >= 15 is 0 Å². The summed E-state index contributed by atoms with van der Waals surface area (Å²) in [5, 5.41) is 3.31. The molecule has 0 saturated carbocycles. The summed E-state index contributed by atoms with van der Waals surface area (Å²) in [5.41, 5.74) is 1.58. The van der Waals surface area contributed by atoms with Crippen LogP contribution in [0.4, 0.5) is 0 Å². The van der Waals surface area contributed by atoms with E-state index in [1.807, 2.05) is 19.1 Å². The highest BCUT2D eigenvalue weighted by atomic mass is 35.5. The lowest BCUT2D eigenvalue weighted by Gasteiger charge is -2.26. The number of carbonyl (C=O) groups excluding carboxylic acids is 1. The van der Waals surface area contributed by atoms with Crippen molar-refractivity contribution in [2.75, 3.05) is 19.6 Å². The third-order valence-corrected chi connectivity index (χ3v) is 4.36. The van der Waals surface area contributed by atoms with Crippen molar-refractivity contribution in [1.29, 1.82) is 0 Å². The molecule has 0 aromatic carbocycles. The van der Waals surface area contributed by atoms with Crippen molar-refractivity contribution < 1.29 is 9.53 Å². The van der Waals surface area contributed by atoms with Gasteiger partial charge >= 0.3 is 0 Å². The van der Waals surface area contributed by atoms with Gasteiger partial charge in [0, 0.05) is 31.7 Å². The highest BCUT2D eigenvalue weighted by Crippen LogP contribution is 2.21. The maximum absolute atomic E-state index is 13.0. The van der Waals surface area contributed by atoms with Crippen molar-refractivity contribution in [3.63, 3.8) is 0 Å². The zero-order chi connectivity index (χ0) is 17.5. The lowest BCUT2D eigenvalue weighted by atomic mass is 10.1. The topological polar surface area (TPSA) is 67.4 Å². The Hall–Kier alpha value is -2.18. The molecule has 1 aliphatic rings. The number of hydrogen-bond acceptors (Lipinski definition) is 5. The summed E-state index contributed by atoms with van der Waals surface area (Å²) >= 11 is 0. The zero-order valence-electron chi connectivity index (χ0n) is 14.9. The van der Waals surface area contributed by atoms with Crippen molar-refractivity contribution in [3.8, 4) is 5.88 Å². The fourth-order valence-corrected chi connectivity index (χ4v) is 2.92. The number of ether oxygens (including phenoxy) is 1. The van der Waals surface area contributed by atoms with Gasteiger partial charge in [-0.15, -0.1) is 12.4 Å².